The minimum atomic E-state index is -3.68. The molecule has 2 rings (SSSR count). The van der Waals surface area contributed by atoms with E-state index >= 15 is 0 Å². The van der Waals surface area contributed by atoms with Crippen molar-refractivity contribution in [2.45, 2.75) is 29.9 Å². The summed E-state index contributed by atoms with van der Waals surface area (Å²) in [5.41, 5.74) is 1.17. The van der Waals surface area contributed by atoms with E-state index in [9.17, 15) is 13.2 Å². The Balaban J connectivity index is 1.97. The predicted molar refractivity (Wildman–Crippen MR) is 70.6 cm³/mol. The first kappa shape index (κ1) is 14.4. The van der Waals surface area contributed by atoms with Crippen LogP contribution in [0.2, 0.25) is 0 Å². The smallest absolute Gasteiger partial charge is 0.358 e. The molecule has 1 fully saturated rings. The fourth-order valence-electron chi connectivity index (χ4n) is 1.73. The average Bonchev–Trinajstić information content (AvgIpc) is 3.07. The lowest BCUT2D eigenvalue weighted by Crippen LogP contribution is -2.25. The van der Waals surface area contributed by atoms with Crippen LogP contribution in [0.1, 0.15) is 36.2 Å². The van der Waals surface area contributed by atoms with E-state index in [-0.39, 0.29) is 9.90 Å². The highest BCUT2D eigenvalue weighted by molar-refractivity contribution is 7.91. The number of esters is 1. The van der Waals surface area contributed by atoms with E-state index in [4.69, 9.17) is 0 Å². The largest absolute Gasteiger partial charge is 0.464 e. The molecule has 0 atom stereocenters. The molecule has 1 aliphatic carbocycles. The minimum absolute atomic E-state index is 0.0780. The lowest BCUT2D eigenvalue weighted by atomic mass is 10.2. The second-order valence-electron chi connectivity index (χ2n) is 4.46. The number of sulfonamides is 1. The zero-order chi connectivity index (χ0) is 13.9. The van der Waals surface area contributed by atoms with Gasteiger partial charge in [-0.3, -0.25) is 0 Å². The normalized spacial score (nSPS) is 15.4. The fraction of sp³-hybridized carbons (Fsp3) is 0.636. The second-order valence-corrected chi connectivity index (χ2v) is 7.28. The van der Waals surface area contributed by atoms with Gasteiger partial charge in [-0.15, -0.1) is 11.3 Å². The molecule has 0 aromatic carbocycles. The molecule has 0 unspecified atom stereocenters. The van der Waals surface area contributed by atoms with Gasteiger partial charge in [0.05, 0.1) is 12.6 Å². The van der Waals surface area contributed by atoms with Crippen molar-refractivity contribution >= 4 is 27.3 Å². The molecular formula is C11H16N2O4S2. The summed E-state index contributed by atoms with van der Waals surface area (Å²) < 4.78 is 31.0. The molecule has 1 aromatic rings. The Labute approximate surface area is 116 Å². The number of ether oxygens (including phenoxy) is 1. The van der Waals surface area contributed by atoms with Gasteiger partial charge in [-0.2, -0.15) is 0 Å². The number of hydrogen-bond acceptors (Lipinski definition) is 6. The van der Waals surface area contributed by atoms with E-state index in [1.165, 1.54) is 25.5 Å². The van der Waals surface area contributed by atoms with Crippen LogP contribution in [0.4, 0.5) is 0 Å². The van der Waals surface area contributed by atoms with E-state index in [0.29, 0.717) is 6.54 Å². The summed E-state index contributed by atoms with van der Waals surface area (Å²) in [4.78, 5) is 15.1. The van der Waals surface area contributed by atoms with Gasteiger partial charge in [0.2, 0.25) is 0 Å². The fourth-order valence-corrected chi connectivity index (χ4v) is 3.98. The number of nitrogens with one attached hydrogen (secondary N) is 1. The van der Waals surface area contributed by atoms with Gasteiger partial charge < -0.3 is 4.74 Å². The number of carbonyl (C=O) groups is 1. The molecule has 0 amide bonds. The summed E-state index contributed by atoms with van der Waals surface area (Å²) in [6.45, 7) is 0.386. The molecule has 8 heteroatoms. The SMILES string of the molecule is COC(=O)c1ncsc1S(=O)(=O)NCCCC1CC1. The van der Waals surface area contributed by atoms with Crippen molar-refractivity contribution in [2.75, 3.05) is 13.7 Å². The average molecular weight is 304 g/mol. The van der Waals surface area contributed by atoms with E-state index in [1.807, 2.05) is 0 Å². The van der Waals surface area contributed by atoms with Gasteiger partial charge in [0.25, 0.3) is 10.0 Å². The highest BCUT2D eigenvalue weighted by Gasteiger charge is 2.26. The summed E-state index contributed by atoms with van der Waals surface area (Å²) in [6.07, 6.45) is 4.38. The maximum atomic E-state index is 12.0. The molecular weight excluding hydrogens is 288 g/mol. The van der Waals surface area contributed by atoms with Crippen LogP contribution >= 0.6 is 11.3 Å². The van der Waals surface area contributed by atoms with Crippen LogP contribution in [0.3, 0.4) is 0 Å². The lowest BCUT2D eigenvalue weighted by molar-refractivity contribution is 0.0590. The van der Waals surface area contributed by atoms with Crippen molar-refractivity contribution in [3.63, 3.8) is 0 Å². The summed E-state index contributed by atoms with van der Waals surface area (Å²) in [5.74, 6) is 0.0399. The van der Waals surface area contributed by atoms with Gasteiger partial charge in [0.1, 0.15) is 0 Å². The van der Waals surface area contributed by atoms with Crippen molar-refractivity contribution in [1.82, 2.24) is 9.71 Å². The van der Waals surface area contributed by atoms with Crippen LogP contribution in [0, 0.1) is 5.92 Å². The molecule has 1 heterocycles. The van der Waals surface area contributed by atoms with Gasteiger partial charge in [0.15, 0.2) is 9.90 Å². The van der Waals surface area contributed by atoms with Crippen LogP contribution in [0.25, 0.3) is 0 Å². The molecule has 0 radical (unpaired) electrons. The molecule has 0 bridgehead atoms. The van der Waals surface area contributed by atoms with Crippen molar-refractivity contribution in [2.24, 2.45) is 5.92 Å². The quantitative estimate of drug-likeness (QED) is 0.608. The number of carbonyl (C=O) groups excluding carboxylic acids is 1. The summed E-state index contributed by atoms with van der Waals surface area (Å²) in [5, 5.41) is 0. The highest BCUT2D eigenvalue weighted by Crippen LogP contribution is 2.33. The van der Waals surface area contributed by atoms with E-state index in [0.717, 1.165) is 30.1 Å². The first-order valence-electron chi connectivity index (χ1n) is 6.06. The Bertz CT molecular complexity index is 549. The van der Waals surface area contributed by atoms with Crippen molar-refractivity contribution in [3.8, 4) is 0 Å². The van der Waals surface area contributed by atoms with Gasteiger partial charge in [0, 0.05) is 6.54 Å². The third-order valence-electron chi connectivity index (χ3n) is 2.94. The first-order valence-corrected chi connectivity index (χ1v) is 8.42. The topological polar surface area (TPSA) is 85.4 Å². The van der Waals surface area contributed by atoms with Gasteiger partial charge in [-0.25, -0.2) is 22.9 Å². The number of hydrogen-bond donors (Lipinski definition) is 1. The summed E-state index contributed by atoms with van der Waals surface area (Å²) in [6, 6.07) is 0. The summed E-state index contributed by atoms with van der Waals surface area (Å²) in [7, 11) is -2.48. The molecule has 1 saturated carbocycles. The van der Waals surface area contributed by atoms with Crippen LogP contribution in [-0.4, -0.2) is 33.0 Å². The lowest BCUT2D eigenvalue weighted by Gasteiger charge is -2.05. The Morgan fingerprint density at radius 1 is 1.58 bits per heavy atom. The summed E-state index contributed by atoms with van der Waals surface area (Å²) >= 11 is 0.914. The Kier molecular flexibility index (Phi) is 4.54. The number of aromatic nitrogens is 1. The Morgan fingerprint density at radius 2 is 2.32 bits per heavy atom. The molecule has 0 spiro atoms. The van der Waals surface area contributed by atoms with Gasteiger partial charge >= 0.3 is 5.97 Å². The number of nitrogens with zero attached hydrogens (tertiary/aromatic N) is 1. The zero-order valence-corrected chi connectivity index (χ0v) is 12.2. The minimum Gasteiger partial charge on any atom is -0.464 e. The van der Waals surface area contributed by atoms with E-state index < -0.39 is 16.0 Å². The van der Waals surface area contributed by atoms with Crippen LogP contribution in [0.15, 0.2) is 9.72 Å². The van der Waals surface area contributed by atoms with E-state index in [2.05, 4.69) is 14.4 Å². The Morgan fingerprint density at radius 3 is 2.95 bits per heavy atom. The van der Waals surface area contributed by atoms with Crippen LogP contribution in [-0.2, 0) is 14.8 Å². The maximum Gasteiger partial charge on any atom is 0.358 e. The zero-order valence-electron chi connectivity index (χ0n) is 10.6. The van der Waals surface area contributed by atoms with Crippen LogP contribution < -0.4 is 4.72 Å². The maximum absolute atomic E-state index is 12.0. The third-order valence-corrected chi connectivity index (χ3v) is 5.77. The molecule has 106 valence electrons. The molecule has 1 N–H and O–H groups in total. The number of rotatable bonds is 7. The highest BCUT2D eigenvalue weighted by atomic mass is 32.2. The third kappa shape index (κ3) is 3.74. The molecule has 0 aliphatic heterocycles. The van der Waals surface area contributed by atoms with Gasteiger partial charge in [-0.1, -0.05) is 12.8 Å². The standard InChI is InChI=1S/C11H16N2O4S2/c1-17-10(14)9-11(18-7-12-9)19(15,16)13-6-2-3-8-4-5-8/h7-8,13H,2-6H2,1H3. The molecule has 1 aliphatic rings. The van der Waals surface area contributed by atoms with Crippen molar-refractivity contribution in [1.29, 1.82) is 0 Å². The number of thiazole rings is 1. The van der Waals surface area contributed by atoms with Crippen LogP contribution in [0.5, 0.6) is 0 Å². The molecule has 19 heavy (non-hydrogen) atoms. The molecule has 1 aromatic heterocycles. The monoisotopic (exact) mass is 304 g/mol. The van der Waals surface area contributed by atoms with Crippen molar-refractivity contribution in [3.05, 3.63) is 11.2 Å². The second kappa shape index (κ2) is 5.98. The molecule has 6 nitrogen and oxygen atoms in total. The van der Waals surface area contributed by atoms with Crippen molar-refractivity contribution < 1.29 is 17.9 Å². The predicted octanol–water partition coefficient (Wildman–Crippen LogP) is 1.40. The first-order chi connectivity index (χ1) is 9.04. The van der Waals surface area contributed by atoms with Gasteiger partial charge in [-0.05, 0) is 18.8 Å². The Hall–Kier alpha value is -0.990. The van der Waals surface area contributed by atoms with E-state index in [1.54, 1.807) is 0 Å². The molecule has 0 saturated heterocycles. The number of methoxy groups -OCH3 is 1.